The number of nitrogens with zero attached hydrogens (tertiary/aromatic N) is 2. The molecule has 1 fully saturated rings. The molecule has 1 heterocycles. The number of hydrogen-bond donors (Lipinski definition) is 3. The molecule has 0 saturated carbocycles. The number of nitrogens with two attached hydrogens (primary N) is 1. The zero-order valence-electron chi connectivity index (χ0n) is 11.5. The lowest BCUT2D eigenvalue weighted by molar-refractivity contribution is 0.110. The Morgan fingerprint density at radius 3 is 2.60 bits per heavy atom. The SMILES string of the molecule is CC(O)C1CCN(c2ccc(/C(N)=N/O)cc2Br)CC1. The van der Waals surface area contributed by atoms with Crippen LogP contribution >= 0.6 is 15.9 Å². The van der Waals surface area contributed by atoms with Crippen molar-refractivity contribution < 1.29 is 10.3 Å². The summed E-state index contributed by atoms with van der Waals surface area (Å²) in [6.07, 6.45) is 1.75. The van der Waals surface area contributed by atoms with Gasteiger partial charge in [-0.05, 0) is 59.8 Å². The molecule has 1 unspecified atom stereocenters. The van der Waals surface area contributed by atoms with Gasteiger partial charge in [-0.3, -0.25) is 0 Å². The molecule has 2 rings (SSSR count). The Morgan fingerprint density at radius 1 is 1.45 bits per heavy atom. The van der Waals surface area contributed by atoms with E-state index < -0.39 is 0 Å². The largest absolute Gasteiger partial charge is 0.409 e. The van der Waals surface area contributed by atoms with Crippen LogP contribution in [0.25, 0.3) is 0 Å². The monoisotopic (exact) mass is 341 g/mol. The van der Waals surface area contributed by atoms with Crippen molar-refractivity contribution >= 4 is 27.5 Å². The molecule has 1 aliphatic rings. The maximum atomic E-state index is 9.63. The Labute approximate surface area is 127 Å². The van der Waals surface area contributed by atoms with E-state index in [-0.39, 0.29) is 11.9 Å². The predicted octanol–water partition coefficient (Wildman–Crippen LogP) is 2.14. The molecule has 0 amide bonds. The number of amidine groups is 1. The van der Waals surface area contributed by atoms with Gasteiger partial charge in [0, 0.05) is 23.1 Å². The molecule has 1 aromatic rings. The fourth-order valence-corrected chi connectivity index (χ4v) is 3.23. The summed E-state index contributed by atoms with van der Waals surface area (Å²) in [5.74, 6) is 0.492. The molecule has 0 spiro atoms. The average Bonchev–Trinajstić information content (AvgIpc) is 2.46. The Bertz CT molecular complexity index is 497. The van der Waals surface area contributed by atoms with Gasteiger partial charge in [-0.15, -0.1) is 0 Å². The molecule has 4 N–H and O–H groups in total. The van der Waals surface area contributed by atoms with E-state index in [1.165, 1.54) is 0 Å². The third kappa shape index (κ3) is 3.24. The fraction of sp³-hybridized carbons (Fsp3) is 0.500. The van der Waals surface area contributed by atoms with Crippen molar-refractivity contribution in [2.75, 3.05) is 18.0 Å². The summed E-state index contributed by atoms with van der Waals surface area (Å²) in [6.45, 7) is 3.72. The molecule has 0 bridgehead atoms. The van der Waals surface area contributed by atoms with Crippen LogP contribution in [0.4, 0.5) is 5.69 Å². The van der Waals surface area contributed by atoms with Gasteiger partial charge in [0.25, 0.3) is 0 Å². The van der Waals surface area contributed by atoms with Crippen LogP contribution < -0.4 is 10.6 Å². The van der Waals surface area contributed by atoms with Gasteiger partial charge in [-0.2, -0.15) is 0 Å². The second-order valence-corrected chi connectivity index (χ2v) is 6.07. The Morgan fingerprint density at radius 2 is 2.10 bits per heavy atom. The minimum Gasteiger partial charge on any atom is -0.409 e. The van der Waals surface area contributed by atoms with Crippen LogP contribution in [0.3, 0.4) is 0 Å². The van der Waals surface area contributed by atoms with Gasteiger partial charge in [-0.1, -0.05) is 5.16 Å². The summed E-state index contributed by atoms with van der Waals surface area (Å²) in [5.41, 5.74) is 7.36. The van der Waals surface area contributed by atoms with E-state index in [9.17, 15) is 5.11 Å². The van der Waals surface area contributed by atoms with E-state index in [2.05, 4.69) is 26.0 Å². The van der Waals surface area contributed by atoms with E-state index >= 15 is 0 Å². The van der Waals surface area contributed by atoms with Gasteiger partial charge in [0.15, 0.2) is 5.84 Å². The highest BCUT2D eigenvalue weighted by atomic mass is 79.9. The second-order valence-electron chi connectivity index (χ2n) is 5.22. The predicted molar refractivity (Wildman–Crippen MR) is 83.3 cm³/mol. The summed E-state index contributed by atoms with van der Waals surface area (Å²) in [7, 11) is 0. The molecule has 0 aliphatic carbocycles. The molecule has 1 saturated heterocycles. The van der Waals surface area contributed by atoms with Gasteiger partial charge < -0.3 is 20.9 Å². The van der Waals surface area contributed by atoms with Crippen molar-refractivity contribution in [1.82, 2.24) is 0 Å². The normalized spacial score (nSPS) is 19.1. The number of aliphatic hydroxyl groups excluding tert-OH is 1. The summed E-state index contributed by atoms with van der Waals surface area (Å²) in [5, 5.41) is 21.3. The van der Waals surface area contributed by atoms with E-state index in [1.54, 1.807) is 0 Å². The summed E-state index contributed by atoms with van der Waals surface area (Å²) < 4.78 is 0.928. The van der Waals surface area contributed by atoms with Gasteiger partial charge in [0.2, 0.25) is 0 Å². The lowest BCUT2D eigenvalue weighted by atomic mass is 9.92. The molecule has 0 radical (unpaired) electrons. The first-order chi connectivity index (χ1) is 9.52. The van der Waals surface area contributed by atoms with E-state index in [1.807, 2.05) is 25.1 Å². The van der Waals surface area contributed by atoms with Crippen LogP contribution in [-0.2, 0) is 0 Å². The molecule has 0 aromatic heterocycles. The first kappa shape index (κ1) is 15.1. The second kappa shape index (κ2) is 6.45. The van der Waals surface area contributed by atoms with E-state index in [4.69, 9.17) is 10.9 Å². The molecule has 5 nitrogen and oxygen atoms in total. The van der Waals surface area contributed by atoms with Crippen LogP contribution in [0.15, 0.2) is 27.8 Å². The maximum absolute atomic E-state index is 9.63. The summed E-state index contributed by atoms with van der Waals surface area (Å²) in [4.78, 5) is 2.29. The van der Waals surface area contributed by atoms with Crippen LogP contribution in [0, 0.1) is 5.92 Å². The van der Waals surface area contributed by atoms with E-state index in [0.717, 1.165) is 36.1 Å². The van der Waals surface area contributed by atoms with Crippen LogP contribution in [0.2, 0.25) is 0 Å². The zero-order valence-corrected chi connectivity index (χ0v) is 13.0. The number of anilines is 1. The van der Waals surface area contributed by atoms with Gasteiger partial charge in [0.1, 0.15) is 0 Å². The van der Waals surface area contributed by atoms with Crippen molar-refractivity contribution in [2.45, 2.75) is 25.9 Å². The Hall–Kier alpha value is -1.27. The highest BCUT2D eigenvalue weighted by Crippen LogP contribution is 2.31. The lowest BCUT2D eigenvalue weighted by Crippen LogP contribution is -2.37. The number of piperidine rings is 1. The molecular weight excluding hydrogens is 322 g/mol. The number of aliphatic hydroxyl groups is 1. The van der Waals surface area contributed by atoms with E-state index in [0.29, 0.717) is 11.5 Å². The third-order valence-electron chi connectivity index (χ3n) is 3.91. The van der Waals surface area contributed by atoms with Gasteiger partial charge in [-0.25, -0.2) is 0 Å². The van der Waals surface area contributed by atoms with Crippen LogP contribution in [0.1, 0.15) is 25.3 Å². The van der Waals surface area contributed by atoms with Crippen LogP contribution in [-0.4, -0.2) is 35.3 Å². The van der Waals surface area contributed by atoms with Crippen molar-refractivity contribution in [1.29, 1.82) is 0 Å². The molecule has 110 valence electrons. The van der Waals surface area contributed by atoms with Gasteiger partial charge >= 0.3 is 0 Å². The number of oxime groups is 1. The molecule has 1 aliphatic heterocycles. The van der Waals surface area contributed by atoms with Gasteiger partial charge in [0.05, 0.1) is 11.8 Å². The van der Waals surface area contributed by atoms with Crippen LogP contribution in [0.5, 0.6) is 0 Å². The number of hydrogen-bond acceptors (Lipinski definition) is 4. The Balaban J connectivity index is 2.11. The maximum Gasteiger partial charge on any atom is 0.170 e. The number of benzene rings is 1. The molecule has 1 atom stereocenters. The zero-order chi connectivity index (χ0) is 14.7. The highest BCUT2D eigenvalue weighted by molar-refractivity contribution is 9.10. The Kier molecular flexibility index (Phi) is 4.88. The quantitative estimate of drug-likeness (QED) is 0.340. The van der Waals surface area contributed by atoms with Crippen molar-refractivity contribution in [3.63, 3.8) is 0 Å². The first-order valence-electron chi connectivity index (χ1n) is 6.73. The average molecular weight is 342 g/mol. The molecule has 1 aromatic carbocycles. The minimum absolute atomic E-state index is 0.102. The van der Waals surface area contributed by atoms with Crippen molar-refractivity contribution in [3.05, 3.63) is 28.2 Å². The highest BCUT2D eigenvalue weighted by Gasteiger charge is 2.23. The minimum atomic E-state index is -0.233. The molecule has 6 heteroatoms. The van der Waals surface area contributed by atoms with Crippen molar-refractivity contribution in [3.8, 4) is 0 Å². The first-order valence-corrected chi connectivity index (χ1v) is 7.52. The summed E-state index contributed by atoms with van der Waals surface area (Å²) in [6, 6.07) is 5.67. The fourth-order valence-electron chi connectivity index (χ4n) is 2.60. The lowest BCUT2D eigenvalue weighted by Gasteiger charge is -2.35. The molecule has 20 heavy (non-hydrogen) atoms. The third-order valence-corrected chi connectivity index (χ3v) is 4.55. The topological polar surface area (TPSA) is 82.1 Å². The smallest absolute Gasteiger partial charge is 0.170 e. The summed E-state index contributed by atoms with van der Waals surface area (Å²) >= 11 is 3.54. The standard InChI is InChI=1S/C14H20BrN3O2/c1-9(19)10-4-6-18(7-5-10)13-3-2-11(8-12(13)15)14(16)17-20/h2-3,8-10,19-20H,4-7H2,1H3,(H2,16,17). The number of halogens is 1. The number of rotatable bonds is 3. The molecular formula is C14H20BrN3O2. The van der Waals surface area contributed by atoms with Crippen molar-refractivity contribution in [2.24, 2.45) is 16.8 Å².